The van der Waals surface area contributed by atoms with Gasteiger partial charge < -0.3 is 5.32 Å². The van der Waals surface area contributed by atoms with Crippen LogP contribution in [-0.2, 0) is 27.1 Å². The van der Waals surface area contributed by atoms with Crippen LogP contribution in [0.25, 0.3) is 0 Å². The number of likely N-dealkylation sites (N-methyl/N-ethyl adjacent to an activating group) is 1. The molecule has 2 aromatic carbocycles. The topological polar surface area (TPSA) is 66.5 Å². The van der Waals surface area contributed by atoms with E-state index < -0.39 is 10.0 Å². The van der Waals surface area contributed by atoms with E-state index in [0.29, 0.717) is 12.1 Å². The fourth-order valence-electron chi connectivity index (χ4n) is 2.25. The van der Waals surface area contributed by atoms with E-state index in [-0.39, 0.29) is 18.2 Å². The van der Waals surface area contributed by atoms with Crippen LogP contribution in [0.5, 0.6) is 0 Å². The molecule has 0 bridgehead atoms. The Morgan fingerprint density at radius 2 is 1.67 bits per heavy atom. The zero-order valence-electron chi connectivity index (χ0n) is 13.9. The zero-order valence-corrected chi connectivity index (χ0v) is 14.7. The molecule has 0 atom stereocenters. The number of nitrogens with one attached hydrogen (secondary N) is 1. The lowest BCUT2D eigenvalue weighted by molar-refractivity contribution is -0.121. The van der Waals surface area contributed by atoms with Gasteiger partial charge in [-0.1, -0.05) is 54.6 Å². The number of amides is 1. The minimum Gasteiger partial charge on any atom is -0.351 e. The van der Waals surface area contributed by atoms with E-state index in [9.17, 15) is 13.2 Å². The minimum atomic E-state index is -3.53. The van der Waals surface area contributed by atoms with E-state index in [1.807, 2.05) is 37.3 Å². The molecular formula is C18H22N2O3S. The molecule has 0 aromatic heterocycles. The maximum atomic E-state index is 12.3. The van der Waals surface area contributed by atoms with Gasteiger partial charge in [-0.25, -0.2) is 8.42 Å². The summed E-state index contributed by atoms with van der Waals surface area (Å²) in [4.78, 5) is 12.0. The van der Waals surface area contributed by atoms with Crippen molar-refractivity contribution in [1.82, 2.24) is 9.62 Å². The van der Waals surface area contributed by atoms with Crippen molar-refractivity contribution in [1.29, 1.82) is 0 Å². The highest BCUT2D eigenvalue weighted by Crippen LogP contribution is 2.09. The molecule has 24 heavy (non-hydrogen) atoms. The summed E-state index contributed by atoms with van der Waals surface area (Å²) in [6.07, 6.45) is 0. The molecule has 6 heteroatoms. The Morgan fingerprint density at radius 1 is 1.04 bits per heavy atom. The van der Waals surface area contributed by atoms with Gasteiger partial charge >= 0.3 is 0 Å². The summed E-state index contributed by atoms with van der Waals surface area (Å²) < 4.78 is 25.7. The molecule has 0 radical (unpaired) electrons. The number of carbonyl (C=O) groups is 1. The van der Waals surface area contributed by atoms with Crippen molar-refractivity contribution in [2.75, 3.05) is 13.6 Å². The van der Waals surface area contributed by atoms with Gasteiger partial charge in [0, 0.05) is 13.6 Å². The normalized spacial score (nSPS) is 11.5. The largest absolute Gasteiger partial charge is 0.351 e. The molecule has 0 aliphatic rings. The maximum absolute atomic E-state index is 12.3. The van der Waals surface area contributed by atoms with Gasteiger partial charge in [-0.3, -0.25) is 4.79 Å². The lowest BCUT2D eigenvalue weighted by Crippen LogP contribution is -2.38. The highest BCUT2D eigenvalue weighted by Gasteiger charge is 2.20. The van der Waals surface area contributed by atoms with E-state index in [1.54, 1.807) is 24.3 Å². The summed E-state index contributed by atoms with van der Waals surface area (Å²) >= 11 is 0. The fourth-order valence-corrected chi connectivity index (χ4v) is 3.40. The molecule has 5 nitrogen and oxygen atoms in total. The van der Waals surface area contributed by atoms with Gasteiger partial charge in [-0.2, -0.15) is 4.31 Å². The van der Waals surface area contributed by atoms with E-state index >= 15 is 0 Å². The van der Waals surface area contributed by atoms with Crippen LogP contribution in [-0.4, -0.2) is 32.2 Å². The van der Waals surface area contributed by atoms with Crippen LogP contribution in [0.3, 0.4) is 0 Å². The third-order valence-corrected chi connectivity index (χ3v) is 5.55. The number of benzene rings is 2. The van der Waals surface area contributed by atoms with Gasteiger partial charge in [0.25, 0.3) is 0 Å². The number of aryl methyl sites for hydroxylation is 1. The van der Waals surface area contributed by atoms with Crippen molar-refractivity contribution in [3.63, 3.8) is 0 Å². The van der Waals surface area contributed by atoms with Gasteiger partial charge in [0.1, 0.15) is 0 Å². The molecule has 0 unspecified atom stereocenters. The van der Waals surface area contributed by atoms with E-state index in [1.165, 1.54) is 7.05 Å². The Bertz CT molecular complexity index is 789. The van der Waals surface area contributed by atoms with E-state index in [0.717, 1.165) is 15.4 Å². The van der Waals surface area contributed by atoms with Gasteiger partial charge in [-0.05, 0) is 23.6 Å². The van der Waals surface area contributed by atoms with Gasteiger partial charge in [0.15, 0.2) is 0 Å². The van der Waals surface area contributed by atoms with Crippen LogP contribution in [0.1, 0.15) is 16.7 Å². The number of hydrogen-bond donors (Lipinski definition) is 1. The van der Waals surface area contributed by atoms with Crippen molar-refractivity contribution in [3.05, 3.63) is 71.3 Å². The SMILES string of the molecule is Cc1ccccc1CNC(=O)CN(C)S(=O)(=O)Cc1ccccc1. The first-order valence-corrected chi connectivity index (χ1v) is 9.28. The molecule has 0 aliphatic carbocycles. The average Bonchev–Trinajstić information content (AvgIpc) is 2.54. The first kappa shape index (κ1) is 18.2. The van der Waals surface area contributed by atoms with Crippen LogP contribution in [0.4, 0.5) is 0 Å². The first-order chi connectivity index (χ1) is 11.4. The second kappa shape index (κ2) is 8.08. The predicted molar refractivity (Wildman–Crippen MR) is 94.7 cm³/mol. The molecule has 0 heterocycles. The molecule has 0 spiro atoms. The average molecular weight is 346 g/mol. The molecule has 0 saturated heterocycles. The molecule has 2 rings (SSSR count). The molecule has 128 valence electrons. The van der Waals surface area contributed by atoms with Crippen LogP contribution < -0.4 is 5.32 Å². The summed E-state index contributed by atoms with van der Waals surface area (Å²) in [7, 11) is -2.10. The fraction of sp³-hybridized carbons (Fsp3) is 0.278. The standard InChI is InChI=1S/C18H22N2O3S/c1-15-8-6-7-11-17(15)12-19-18(21)13-20(2)24(22,23)14-16-9-4-3-5-10-16/h3-11H,12-14H2,1-2H3,(H,19,21). The molecule has 0 saturated carbocycles. The second-order valence-corrected chi connectivity index (χ2v) is 7.78. The van der Waals surface area contributed by atoms with Crippen LogP contribution >= 0.6 is 0 Å². The highest BCUT2D eigenvalue weighted by atomic mass is 32.2. The van der Waals surface area contributed by atoms with Crippen molar-refractivity contribution >= 4 is 15.9 Å². The third-order valence-electron chi connectivity index (χ3n) is 3.77. The first-order valence-electron chi connectivity index (χ1n) is 7.67. The third kappa shape index (κ3) is 5.18. The summed E-state index contributed by atoms with van der Waals surface area (Å²) in [5, 5.41) is 2.76. The molecule has 2 aromatic rings. The van der Waals surface area contributed by atoms with Crippen molar-refractivity contribution in [2.24, 2.45) is 0 Å². The Balaban J connectivity index is 1.90. The van der Waals surface area contributed by atoms with E-state index in [4.69, 9.17) is 0 Å². The second-order valence-electron chi connectivity index (χ2n) is 5.70. The van der Waals surface area contributed by atoms with E-state index in [2.05, 4.69) is 5.32 Å². The number of sulfonamides is 1. The number of nitrogens with zero attached hydrogens (tertiary/aromatic N) is 1. The lowest BCUT2D eigenvalue weighted by Gasteiger charge is -2.17. The van der Waals surface area contributed by atoms with Gasteiger partial charge in [0.05, 0.1) is 12.3 Å². The minimum absolute atomic E-state index is 0.116. The summed E-state index contributed by atoms with van der Waals surface area (Å²) in [6.45, 7) is 2.16. The predicted octanol–water partition coefficient (Wildman–Crippen LogP) is 2.07. The Labute approximate surface area is 143 Å². The molecular weight excluding hydrogens is 324 g/mol. The van der Waals surface area contributed by atoms with Crippen molar-refractivity contribution in [2.45, 2.75) is 19.2 Å². The Kier molecular flexibility index (Phi) is 6.11. The van der Waals surface area contributed by atoms with Crippen LogP contribution in [0, 0.1) is 6.92 Å². The van der Waals surface area contributed by atoms with Gasteiger partial charge in [0.2, 0.25) is 15.9 Å². The maximum Gasteiger partial charge on any atom is 0.235 e. The molecule has 0 fully saturated rings. The van der Waals surface area contributed by atoms with Gasteiger partial charge in [-0.15, -0.1) is 0 Å². The lowest BCUT2D eigenvalue weighted by atomic mass is 10.1. The number of carbonyl (C=O) groups excluding carboxylic acids is 1. The quantitative estimate of drug-likeness (QED) is 0.835. The number of hydrogen-bond acceptors (Lipinski definition) is 3. The smallest absolute Gasteiger partial charge is 0.235 e. The number of rotatable bonds is 7. The summed E-state index contributed by atoms with van der Waals surface area (Å²) in [5.41, 5.74) is 2.80. The summed E-state index contributed by atoms with van der Waals surface area (Å²) in [6, 6.07) is 16.7. The molecule has 1 amide bonds. The van der Waals surface area contributed by atoms with Crippen molar-refractivity contribution in [3.8, 4) is 0 Å². The highest BCUT2D eigenvalue weighted by molar-refractivity contribution is 7.88. The monoisotopic (exact) mass is 346 g/mol. The Morgan fingerprint density at radius 3 is 2.33 bits per heavy atom. The van der Waals surface area contributed by atoms with Crippen LogP contribution in [0.2, 0.25) is 0 Å². The zero-order chi connectivity index (χ0) is 17.6. The van der Waals surface area contributed by atoms with Crippen molar-refractivity contribution < 1.29 is 13.2 Å². The molecule has 1 N–H and O–H groups in total. The Hall–Kier alpha value is -2.18. The summed E-state index contributed by atoms with van der Waals surface area (Å²) in [5.74, 6) is -0.438. The molecule has 0 aliphatic heterocycles. The van der Waals surface area contributed by atoms with Crippen LogP contribution in [0.15, 0.2) is 54.6 Å².